The second kappa shape index (κ2) is 8.58. The predicted molar refractivity (Wildman–Crippen MR) is 108 cm³/mol. The topological polar surface area (TPSA) is 63.1 Å². The number of thioether (sulfide) groups is 1. The fourth-order valence-electron chi connectivity index (χ4n) is 2.31. The summed E-state index contributed by atoms with van der Waals surface area (Å²) in [6.07, 6.45) is 2.15. The molecule has 1 aliphatic heterocycles. The highest BCUT2D eigenvalue weighted by molar-refractivity contribution is 8.15. The fraction of sp³-hybridized carbons (Fsp3) is 0.167. The van der Waals surface area contributed by atoms with E-state index in [1.165, 1.54) is 11.8 Å². The Morgan fingerprint density at radius 2 is 1.96 bits per heavy atom. The quantitative estimate of drug-likeness (QED) is 0.597. The van der Waals surface area contributed by atoms with E-state index in [-0.39, 0.29) is 11.2 Å². The summed E-state index contributed by atoms with van der Waals surface area (Å²) in [6.45, 7) is 0. The SMILES string of the molecule is COc1ccc(/C=N\N=C2/NC(=O)[C@@H](Cc3ccc(Cl)c(Cl)c3)S2)cc1. The lowest BCUT2D eigenvalue weighted by Crippen LogP contribution is -2.25. The molecular weight excluding hydrogens is 393 g/mol. The molecule has 1 N–H and O–H groups in total. The van der Waals surface area contributed by atoms with Crippen molar-refractivity contribution in [1.29, 1.82) is 0 Å². The molecule has 26 heavy (non-hydrogen) atoms. The number of nitrogens with zero attached hydrogens (tertiary/aromatic N) is 2. The molecule has 1 aliphatic rings. The van der Waals surface area contributed by atoms with E-state index in [9.17, 15) is 4.79 Å². The summed E-state index contributed by atoms with van der Waals surface area (Å²) in [5, 5.41) is 12.0. The van der Waals surface area contributed by atoms with Gasteiger partial charge in [0.05, 0.1) is 28.6 Å². The highest BCUT2D eigenvalue weighted by Crippen LogP contribution is 2.27. The van der Waals surface area contributed by atoms with Crippen LogP contribution in [0.2, 0.25) is 10.0 Å². The third-order valence-electron chi connectivity index (χ3n) is 3.65. The van der Waals surface area contributed by atoms with Gasteiger partial charge in [0.1, 0.15) is 5.75 Å². The van der Waals surface area contributed by atoms with E-state index in [4.69, 9.17) is 27.9 Å². The molecule has 0 aromatic heterocycles. The van der Waals surface area contributed by atoms with Crippen LogP contribution >= 0.6 is 35.0 Å². The molecule has 5 nitrogen and oxygen atoms in total. The van der Waals surface area contributed by atoms with Crippen molar-refractivity contribution in [2.75, 3.05) is 7.11 Å². The van der Waals surface area contributed by atoms with E-state index >= 15 is 0 Å². The van der Waals surface area contributed by atoms with Gasteiger partial charge in [-0.15, -0.1) is 5.10 Å². The predicted octanol–water partition coefficient (Wildman–Crippen LogP) is 4.17. The Kier molecular flexibility index (Phi) is 6.19. The number of carbonyl (C=O) groups is 1. The number of amides is 1. The summed E-state index contributed by atoms with van der Waals surface area (Å²) in [6, 6.07) is 12.8. The number of hydrogen-bond acceptors (Lipinski definition) is 5. The van der Waals surface area contributed by atoms with E-state index in [1.54, 1.807) is 25.5 Å². The van der Waals surface area contributed by atoms with Crippen LogP contribution in [-0.4, -0.2) is 29.6 Å². The van der Waals surface area contributed by atoms with Gasteiger partial charge in [-0.05, 0) is 53.9 Å². The van der Waals surface area contributed by atoms with Crippen molar-refractivity contribution in [3.63, 3.8) is 0 Å². The van der Waals surface area contributed by atoms with E-state index < -0.39 is 0 Å². The van der Waals surface area contributed by atoms with Gasteiger partial charge in [-0.2, -0.15) is 5.10 Å². The molecule has 0 spiro atoms. The van der Waals surface area contributed by atoms with Crippen molar-refractivity contribution in [3.05, 3.63) is 63.6 Å². The Labute approximate surface area is 165 Å². The second-order valence-electron chi connectivity index (χ2n) is 5.47. The first-order chi connectivity index (χ1) is 12.5. The van der Waals surface area contributed by atoms with Gasteiger partial charge in [-0.3, -0.25) is 4.79 Å². The molecule has 134 valence electrons. The molecule has 3 rings (SSSR count). The first kappa shape index (κ1) is 18.8. The molecule has 8 heteroatoms. The van der Waals surface area contributed by atoms with Crippen LogP contribution in [0.3, 0.4) is 0 Å². The van der Waals surface area contributed by atoms with E-state index in [2.05, 4.69) is 15.5 Å². The summed E-state index contributed by atoms with van der Waals surface area (Å²) in [5.41, 5.74) is 1.83. The first-order valence-electron chi connectivity index (χ1n) is 7.71. The monoisotopic (exact) mass is 407 g/mol. The Morgan fingerprint density at radius 1 is 1.19 bits per heavy atom. The maximum atomic E-state index is 12.1. The number of nitrogens with one attached hydrogen (secondary N) is 1. The number of hydrogen-bond donors (Lipinski definition) is 1. The normalized spacial score (nSPS) is 18.5. The Morgan fingerprint density at radius 3 is 2.65 bits per heavy atom. The third kappa shape index (κ3) is 4.78. The van der Waals surface area contributed by atoms with Crippen LogP contribution in [0.1, 0.15) is 11.1 Å². The minimum Gasteiger partial charge on any atom is -0.497 e. The van der Waals surface area contributed by atoms with Gasteiger partial charge in [-0.1, -0.05) is 41.0 Å². The molecule has 1 atom stereocenters. The smallest absolute Gasteiger partial charge is 0.239 e. The molecule has 0 bridgehead atoms. The molecule has 1 heterocycles. The minimum atomic E-state index is -0.276. The van der Waals surface area contributed by atoms with Crippen LogP contribution in [0.4, 0.5) is 0 Å². The van der Waals surface area contributed by atoms with Crippen molar-refractivity contribution < 1.29 is 9.53 Å². The largest absolute Gasteiger partial charge is 0.497 e. The van der Waals surface area contributed by atoms with Crippen LogP contribution < -0.4 is 10.1 Å². The number of methoxy groups -OCH3 is 1. The third-order valence-corrected chi connectivity index (χ3v) is 5.46. The number of carbonyl (C=O) groups excluding carboxylic acids is 1. The molecule has 0 saturated carbocycles. The molecule has 1 fully saturated rings. The summed E-state index contributed by atoms with van der Waals surface area (Å²) in [5.74, 6) is 0.677. The minimum absolute atomic E-state index is 0.0977. The van der Waals surface area contributed by atoms with Gasteiger partial charge in [-0.25, -0.2) is 0 Å². The van der Waals surface area contributed by atoms with Gasteiger partial charge in [0.25, 0.3) is 0 Å². The van der Waals surface area contributed by atoms with Crippen molar-refractivity contribution in [1.82, 2.24) is 5.32 Å². The molecule has 2 aromatic rings. The fourth-order valence-corrected chi connectivity index (χ4v) is 3.59. The van der Waals surface area contributed by atoms with Crippen molar-refractivity contribution in [2.45, 2.75) is 11.7 Å². The summed E-state index contributed by atoms with van der Waals surface area (Å²) in [7, 11) is 1.61. The van der Waals surface area contributed by atoms with Crippen LogP contribution in [0, 0.1) is 0 Å². The lowest BCUT2D eigenvalue weighted by Gasteiger charge is -2.06. The van der Waals surface area contributed by atoms with E-state index in [1.807, 2.05) is 30.3 Å². The van der Waals surface area contributed by atoms with E-state index in [0.29, 0.717) is 21.6 Å². The molecular formula is C18H15Cl2N3O2S. The molecule has 1 saturated heterocycles. The lowest BCUT2D eigenvalue weighted by molar-refractivity contribution is -0.118. The number of ether oxygens (including phenoxy) is 1. The Bertz CT molecular complexity index is 869. The summed E-state index contributed by atoms with van der Waals surface area (Å²) in [4.78, 5) is 12.1. The highest BCUT2D eigenvalue weighted by atomic mass is 35.5. The Hall–Kier alpha value is -2.02. The van der Waals surface area contributed by atoms with Crippen LogP contribution in [0.5, 0.6) is 5.75 Å². The molecule has 0 radical (unpaired) electrons. The number of halogens is 2. The zero-order valence-corrected chi connectivity index (χ0v) is 16.1. The van der Waals surface area contributed by atoms with Crippen LogP contribution in [0.15, 0.2) is 52.7 Å². The van der Waals surface area contributed by atoms with Gasteiger partial charge in [0.2, 0.25) is 5.91 Å². The average Bonchev–Trinajstić information content (AvgIpc) is 2.98. The van der Waals surface area contributed by atoms with Gasteiger partial charge in [0, 0.05) is 0 Å². The average molecular weight is 408 g/mol. The summed E-state index contributed by atoms with van der Waals surface area (Å²) < 4.78 is 5.10. The zero-order chi connectivity index (χ0) is 18.5. The van der Waals surface area contributed by atoms with Gasteiger partial charge < -0.3 is 10.1 Å². The second-order valence-corrected chi connectivity index (χ2v) is 7.48. The lowest BCUT2D eigenvalue weighted by atomic mass is 10.1. The zero-order valence-electron chi connectivity index (χ0n) is 13.8. The van der Waals surface area contributed by atoms with Crippen LogP contribution in [-0.2, 0) is 11.2 Å². The number of rotatable bonds is 5. The summed E-state index contributed by atoms with van der Waals surface area (Å²) >= 11 is 13.3. The maximum Gasteiger partial charge on any atom is 0.239 e. The molecule has 2 aromatic carbocycles. The van der Waals surface area contributed by atoms with Gasteiger partial charge in [0.15, 0.2) is 5.17 Å². The van der Waals surface area contributed by atoms with Crippen LogP contribution in [0.25, 0.3) is 0 Å². The molecule has 0 aliphatic carbocycles. The number of benzene rings is 2. The van der Waals surface area contributed by atoms with Gasteiger partial charge >= 0.3 is 0 Å². The molecule has 1 amide bonds. The van der Waals surface area contributed by atoms with Crippen molar-refractivity contribution in [2.24, 2.45) is 10.2 Å². The van der Waals surface area contributed by atoms with Crippen molar-refractivity contribution in [3.8, 4) is 5.75 Å². The molecule has 0 unspecified atom stereocenters. The highest BCUT2D eigenvalue weighted by Gasteiger charge is 2.30. The van der Waals surface area contributed by atoms with Crippen molar-refractivity contribution >= 4 is 52.3 Å². The number of amidine groups is 1. The Balaban J connectivity index is 1.61. The first-order valence-corrected chi connectivity index (χ1v) is 9.35. The van der Waals surface area contributed by atoms with E-state index in [0.717, 1.165) is 16.9 Å². The standard InChI is InChI=1S/C18H15Cl2N3O2S/c1-25-13-5-2-11(3-6-13)10-21-23-18-22-17(24)16(26-18)9-12-4-7-14(19)15(20)8-12/h2-8,10,16H,9H2,1H3,(H,22,23,24)/b21-10-/t16-/m1/s1. The maximum absolute atomic E-state index is 12.1.